The minimum atomic E-state index is -0.240. The van der Waals surface area contributed by atoms with E-state index in [9.17, 15) is 4.39 Å². The molecule has 2 N–H and O–H groups in total. The number of rotatable bonds is 4. The van der Waals surface area contributed by atoms with Crippen molar-refractivity contribution in [3.05, 3.63) is 65.0 Å². The molecule has 0 saturated carbocycles. The number of aryl methyl sites for hydroxylation is 1. The van der Waals surface area contributed by atoms with Crippen molar-refractivity contribution in [2.75, 3.05) is 0 Å². The van der Waals surface area contributed by atoms with Crippen LogP contribution in [0, 0.1) is 12.7 Å². The van der Waals surface area contributed by atoms with E-state index in [0.29, 0.717) is 6.61 Å². The van der Waals surface area contributed by atoms with Crippen LogP contribution in [0.3, 0.4) is 0 Å². The van der Waals surface area contributed by atoms with Crippen LogP contribution in [-0.2, 0) is 6.61 Å². The highest BCUT2D eigenvalue weighted by Gasteiger charge is 2.08. The van der Waals surface area contributed by atoms with Crippen LogP contribution in [-0.4, -0.2) is 0 Å². The van der Waals surface area contributed by atoms with Crippen molar-refractivity contribution in [2.45, 2.75) is 26.5 Å². The number of halogens is 1. The van der Waals surface area contributed by atoms with E-state index in [0.717, 1.165) is 22.4 Å². The predicted molar refractivity (Wildman–Crippen MR) is 74.5 cm³/mol. The van der Waals surface area contributed by atoms with E-state index in [1.165, 1.54) is 12.1 Å². The van der Waals surface area contributed by atoms with Crippen molar-refractivity contribution in [1.29, 1.82) is 0 Å². The first-order chi connectivity index (χ1) is 9.06. The summed E-state index contributed by atoms with van der Waals surface area (Å²) in [6.45, 7) is 4.34. The molecular weight excluding hydrogens is 241 g/mol. The molecule has 0 aromatic heterocycles. The van der Waals surface area contributed by atoms with E-state index in [4.69, 9.17) is 10.5 Å². The van der Waals surface area contributed by atoms with Gasteiger partial charge in [-0.3, -0.25) is 0 Å². The van der Waals surface area contributed by atoms with Crippen molar-refractivity contribution in [3.8, 4) is 5.75 Å². The maximum absolute atomic E-state index is 12.8. The Hall–Kier alpha value is -1.87. The first-order valence-corrected chi connectivity index (χ1v) is 6.29. The van der Waals surface area contributed by atoms with Gasteiger partial charge in [-0.15, -0.1) is 0 Å². The largest absolute Gasteiger partial charge is 0.489 e. The fourth-order valence-corrected chi connectivity index (χ4v) is 1.88. The van der Waals surface area contributed by atoms with Gasteiger partial charge in [-0.2, -0.15) is 0 Å². The van der Waals surface area contributed by atoms with Crippen LogP contribution < -0.4 is 10.5 Å². The SMILES string of the molecule is Cc1ccc(C(C)N)c(OCc2ccc(F)cc2)c1. The van der Waals surface area contributed by atoms with E-state index in [1.54, 1.807) is 12.1 Å². The Morgan fingerprint density at radius 2 is 1.84 bits per heavy atom. The van der Waals surface area contributed by atoms with Gasteiger partial charge in [-0.25, -0.2) is 4.39 Å². The number of hydrogen-bond donors (Lipinski definition) is 1. The van der Waals surface area contributed by atoms with Crippen molar-refractivity contribution in [2.24, 2.45) is 5.73 Å². The molecule has 0 aliphatic heterocycles. The Balaban J connectivity index is 2.14. The van der Waals surface area contributed by atoms with Gasteiger partial charge in [0.1, 0.15) is 18.2 Å². The lowest BCUT2D eigenvalue weighted by atomic mass is 10.1. The fourth-order valence-electron chi connectivity index (χ4n) is 1.88. The predicted octanol–water partition coefficient (Wildman–Crippen LogP) is 3.73. The van der Waals surface area contributed by atoms with Gasteiger partial charge in [-0.1, -0.05) is 24.3 Å². The second-order valence-corrected chi connectivity index (χ2v) is 4.75. The molecule has 0 spiro atoms. The maximum Gasteiger partial charge on any atom is 0.124 e. The Bertz CT molecular complexity index is 549. The summed E-state index contributed by atoms with van der Waals surface area (Å²) in [5.74, 6) is 0.551. The lowest BCUT2D eigenvalue weighted by Gasteiger charge is -2.15. The van der Waals surface area contributed by atoms with E-state index < -0.39 is 0 Å². The fraction of sp³-hybridized carbons (Fsp3) is 0.250. The highest BCUT2D eigenvalue weighted by atomic mass is 19.1. The highest BCUT2D eigenvalue weighted by molar-refractivity contribution is 5.39. The van der Waals surface area contributed by atoms with Crippen LogP contribution in [0.4, 0.5) is 4.39 Å². The lowest BCUT2D eigenvalue weighted by Crippen LogP contribution is -2.08. The average Bonchev–Trinajstić information content (AvgIpc) is 2.38. The summed E-state index contributed by atoms with van der Waals surface area (Å²) < 4.78 is 18.6. The van der Waals surface area contributed by atoms with Crippen LogP contribution in [0.5, 0.6) is 5.75 Å². The van der Waals surface area contributed by atoms with Gasteiger partial charge in [0.15, 0.2) is 0 Å². The van der Waals surface area contributed by atoms with Crippen LogP contribution >= 0.6 is 0 Å². The zero-order valence-electron chi connectivity index (χ0n) is 11.2. The van der Waals surface area contributed by atoms with Crippen molar-refractivity contribution in [1.82, 2.24) is 0 Å². The first-order valence-electron chi connectivity index (χ1n) is 6.29. The normalized spacial score (nSPS) is 12.2. The summed E-state index contributed by atoms with van der Waals surface area (Å²) in [4.78, 5) is 0. The monoisotopic (exact) mass is 259 g/mol. The molecule has 2 rings (SSSR count). The zero-order chi connectivity index (χ0) is 13.8. The molecule has 3 heteroatoms. The second-order valence-electron chi connectivity index (χ2n) is 4.75. The van der Waals surface area contributed by atoms with E-state index in [2.05, 4.69) is 0 Å². The highest BCUT2D eigenvalue weighted by Crippen LogP contribution is 2.26. The minimum Gasteiger partial charge on any atom is -0.489 e. The third kappa shape index (κ3) is 3.55. The van der Waals surface area contributed by atoms with Gasteiger partial charge in [0.25, 0.3) is 0 Å². The average molecular weight is 259 g/mol. The van der Waals surface area contributed by atoms with Crippen molar-refractivity contribution >= 4 is 0 Å². The van der Waals surface area contributed by atoms with E-state index in [1.807, 2.05) is 32.0 Å². The van der Waals surface area contributed by atoms with Gasteiger partial charge in [-0.05, 0) is 43.2 Å². The van der Waals surface area contributed by atoms with Crippen molar-refractivity contribution < 1.29 is 9.13 Å². The Morgan fingerprint density at radius 3 is 2.47 bits per heavy atom. The standard InChI is InChI=1S/C16H18FNO/c1-11-3-8-15(12(2)18)16(9-11)19-10-13-4-6-14(17)7-5-13/h3-9,12H,10,18H2,1-2H3. The molecule has 2 aromatic rings. The lowest BCUT2D eigenvalue weighted by molar-refractivity contribution is 0.301. The quantitative estimate of drug-likeness (QED) is 0.908. The van der Waals surface area contributed by atoms with Crippen LogP contribution in [0.25, 0.3) is 0 Å². The Morgan fingerprint density at radius 1 is 1.16 bits per heavy atom. The molecule has 2 nitrogen and oxygen atoms in total. The number of nitrogens with two attached hydrogens (primary N) is 1. The molecule has 2 aromatic carbocycles. The molecule has 0 heterocycles. The maximum atomic E-state index is 12.8. The molecule has 0 radical (unpaired) electrons. The van der Waals surface area contributed by atoms with Gasteiger partial charge in [0.2, 0.25) is 0 Å². The van der Waals surface area contributed by atoms with Gasteiger partial charge in [0, 0.05) is 11.6 Å². The summed E-state index contributed by atoms with van der Waals surface area (Å²) in [5, 5.41) is 0. The van der Waals surface area contributed by atoms with Crippen LogP contribution in [0.1, 0.15) is 29.7 Å². The van der Waals surface area contributed by atoms with Gasteiger partial charge >= 0.3 is 0 Å². The summed E-state index contributed by atoms with van der Waals surface area (Å²) in [6.07, 6.45) is 0. The minimum absolute atomic E-state index is 0.0798. The molecule has 0 bridgehead atoms. The summed E-state index contributed by atoms with van der Waals surface area (Å²) in [6, 6.07) is 12.2. The molecule has 1 unspecified atom stereocenters. The molecule has 0 aliphatic carbocycles. The third-order valence-corrected chi connectivity index (χ3v) is 2.97. The Kier molecular flexibility index (Phi) is 4.17. The van der Waals surface area contributed by atoms with E-state index >= 15 is 0 Å². The van der Waals surface area contributed by atoms with E-state index in [-0.39, 0.29) is 11.9 Å². The molecule has 0 amide bonds. The molecule has 100 valence electrons. The number of ether oxygens (including phenoxy) is 1. The second kappa shape index (κ2) is 5.85. The molecule has 0 aliphatic rings. The molecule has 1 atom stereocenters. The smallest absolute Gasteiger partial charge is 0.124 e. The summed E-state index contributed by atoms with van der Waals surface area (Å²) >= 11 is 0. The molecular formula is C16H18FNO. The Labute approximate surface area is 113 Å². The molecule has 0 fully saturated rings. The molecule has 19 heavy (non-hydrogen) atoms. The van der Waals surface area contributed by atoms with Gasteiger partial charge in [0.05, 0.1) is 0 Å². The first kappa shape index (κ1) is 13.6. The van der Waals surface area contributed by atoms with Crippen LogP contribution in [0.15, 0.2) is 42.5 Å². The number of benzene rings is 2. The summed E-state index contributed by atoms with van der Waals surface area (Å²) in [5.41, 5.74) is 8.96. The van der Waals surface area contributed by atoms with Crippen molar-refractivity contribution in [3.63, 3.8) is 0 Å². The third-order valence-electron chi connectivity index (χ3n) is 2.97. The molecule has 0 saturated heterocycles. The van der Waals surface area contributed by atoms with Gasteiger partial charge < -0.3 is 10.5 Å². The topological polar surface area (TPSA) is 35.2 Å². The number of hydrogen-bond acceptors (Lipinski definition) is 2. The van der Waals surface area contributed by atoms with Crippen LogP contribution in [0.2, 0.25) is 0 Å². The summed E-state index contributed by atoms with van der Waals surface area (Å²) in [7, 11) is 0. The zero-order valence-corrected chi connectivity index (χ0v) is 11.2.